The van der Waals surface area contributed by atoms with E-state index in [2.05, 4.69) is 0 Å². The molecule has 2 aromatic rings. The molecule has 1 unspecified atom stereocenters. The first-order chi connectivity index (χ1) is 11.6. The molecule has 1 aliphatic heterocycles. The van der Waals surface area contributed by atoms with Crippen molar-refractivity contribution in [1.29, 1.82) is 0 Å². The topological polar surface area (TPSA) is 40.5 Å². The molecule has 0 spiro atoms. The molecule has 3 nitrogen and oxygen atoms in total. The number of carbonyl (C=O) groups excluding carboxylic acids is 1. The summed E-state index contributed by atoms with van der Waals surface area (Å²) >= 11 is 0. The number of benzene rings is 2. The Hall–Kier alpha value is -2.13. The summed E-state index contributed by atoms with van der Waals surface area (Å²) < 4.78 is 0. The molecule has 1 aliphatic rings. The van der Waals surface area contributed by atoms with Gasteiger partial charge in [0.1, 0.15) is 0 Å². The second kappa shape index (κ2) is 7.63. The minimum Gasteiger partial charge on any atom is -0.389 e. The van der Waals surface area contributed by atoms with Crippen molar-refractivity contribution < 1.29 is 9.90 Å². The number of hydrogen-bond acceptors (Lipinski definition) is 2. The highest BCUT2D eigenvalue weighted by molar-refractivity contribution is 5.94. The van der Waals surface area contributed by atoms with E-state index in [0.717, 1.165) is 48.2 Å². The highest BCUT2D eigenvalue weighted by Crippen LogP contribution is 2.24. The van der Waals surface area contributed by atoms with E-state index in [0.29, 0.717) is 0 Å². The Bertz CT molecular complexity index is 683. The van der Waals surface area contributed by atoms with Crippen LogP contribution in [0, 0.1) is 0 Å². The fourth-order valence-corrected chi connectivity index (χ4v) is 3.24. The maximum Gasteiger partial charge on any atom is 0.253 e. The van der Waals surface area contributed by atoms with Crippen LogP contribution in [-0.2, 0) is 0 Å². The Morgan fingerprint density at radius 1 is 0.958 bits per heavy atom. The standard InChI is InChI=1S/C21H25NO2/c1-16(23)19-7-6-8-20(15-19)17-9-11-18(12-10-17)21(24)22-13-4-2-3-5-14-22/h6-12,15-16,23H,2-5,13-14H2,1H3. The number of carbonyl (C=O) groups is 1. The minimum atomic E-state index is -0.478. The fourth-order valence-electron chi connectivity index (χ4n) is 3.24. The Morgan fingerprint density at radius 2 is 1.62 bits per heavy atom. The molecular formula is C21H25NO2. The molecule has 3 rings (SSSR count). The van der Waals surface area contributed by atoms with E-state index in [1.54, 1.807) is 6.92 Å². The van der Waals surface area contributed by atoms with E-state index in [-0.39, 0.29) is 5.91 Å². The Kier molecular flexibility index (Phi) is 5.31. The van der Waals surface area contributed by atoms with Crippen LogP contribution in [0.4, 0.5) is 0 Å². The van der Waals surface area contributed by atoms with Crippen LogP contribution in [0.3, 0.4) is 0 Å². The summed E-state index contributed by atoms with van der Waals surface area (Å²) in [4.78, 5) is 14.6. The highest BCUT2D eigenvalue weighted by atomic mass is 16.3. The van der Waals surface area contributed by atoms with Crippen LogP contribution in [0.2, 0.25) is 0 Å². The zero-order valence-electron chi connectivity index (χ0n) is 14.2. The first-order valence-electron chi connectivity index (χ1n) is 8.83. The molecule has 1 heterocycles. The molecule has 0 bridgehead atoms. The van der Waals surface area contributed by atoms with Gasteiger partial charge in [-0.3, -0.25) is 4.79 Å². The summed E-state index contributed by atoms with van der Waals surface area (Å²) in [5, 5.41) is 9.73. The Morgan fingerprint density at radius 3 is 2.25 bits per heavy atom. The van der Waals surface area contributed by atoms with Gasteiger partial charge < -0.3 is 10.0 Å². The molecule has 0 aliphatic carbocycles. The van der Waals surface area contributed by atoms with E-state index >= 15 is 0 Å². The van der Waals surface area contributed by atoms with Crippen molar-refractivity contribution in [2.45, 2.75) is 38.7 Å². The van der Waals surface area contributed by atoms with Gasteiger partial charge in [-0.2, -0.15) is 0 Å². The van der Waals surface area contributed by atoms with E-state index < -0.39 is 6.10 Å². The SMILES string of the molecule is CC(O)c1cccc(-c2ccc(C(=O)N3CCCCCC3)cc2)c1. The van der Waals surface area contributed by atoms with Gasteiger partial charge in [-0.1, -0.05) is 43.2 Å². The first kappa shape index (κ1) is 16.7. The monoisotopic (exact) mass is 323 g/mol. The Balaban J connectivity index is 1.77. The lowest BCUT2D eigenvalue weighted by atomic mass is 10.00. The molecule has 126 valence electrons. The molecule has 1 N–H and O–H groups in total. The van der Waals surface area contributed by atoms with Gasteiger partial charge in [0, 0.05) is 18.7 Å². The predicted octanol–water partition coefficient (Wildman–Crippen LogP) is 4.42. The highest BCUT2D eigenvalue weighted by Gasteiger charge is 2.17. The van der Waals surface area contributed by atoms with Gasteiger partial charge in [0.25, 0.3) is 5.91 Å². The van der Waals surface area contributed by atoms with Crippen molar-refractivity contribution in [2.24, 2.45) is 0 Å². The summed E-state index contributed by atoms with van der Waals surface area (Å²) in [6.45, 7) is 3.51. The summed E-state index contributed by atoms with van der Waals surface area (Å²) in [6.07, 6.45) is 4.19. The molecule has 3 heteroatoms. The molecule has 24 heavy (non-hydrogen) atoms. The van der Waals surface area contributed by atoms with E-state index in [4.69, 9.17) is 0 Å². The van der Waals surface area contributed by atoms with Crippen molar-refractivity contribution in [3.8, 4) is 11.1 Å². The third kappa shape index (κ3) is 3.85. The van der Waals surface area contributed by atoms with Gasteiger partial charge in [-0.05, 0) is 54.7 Å². The molecule has 0 aromatic heterocycles. The zero-order chi connectivity index (χ0) is 16.9. The van der Waals surface area contributed by atoms with E-state index in [1.165, 1.54) is 12.8 Å². The van der Waals surface area contributed by atoms with Gasteiger partial charge in [-0.15, -0.1) is 0 Å². The van der Waals surface area contributed by atoms with Gasteiger partial charge in [-0.25, -0.2) is 0 Å². The molecule has 1 saturated heterocycles. The summed E-state index contributed by atoms with van der Waals surface area (Å²) in [5.74, 6) is 0.140. The van der Waals surface area contributed by atoms with Gasteiger partial charge in [0.15, 0.2) is 0 Å². The van der Waals surface area contributed by atoms with Gasteiger partial charge >= 0.3 is 0 Å². The molecule has 1 amide bonds. The maximum atomic E-state index is 12.6. The second-order valence-corrected chi connectivity index (χ2v) is 6.59. The van der Waals surface area contributed by atoms with Crippen molar-refractivity contribution in [1.82, 2.24) is 4.90 Å². The number of aliphatic hydroxyl groups is 1. The number of rotatable bonds is 3. The number of aliphatic hydroxyl groups excluding tert-OH is 1. The molecule has 1 atom stereocenters. The van der Waals surface area contributed by atoms with Crippen molar-refractivity contribution in [3.63, 3.8) is 0 Å². The molecule has 2 aromatic carbocycles. The average Bonchev–Trinajstić information content (AvgIpc) is 2.91. The normalized spacial score (nSPS) is 16.5. The fraction of sp³-hybridized carbons (Fsp3) is 0.381. The van der Waals surface area contributed by atoms with Crippen molar-refractivity contribution in [2.75, 3.05) is 13.1 Å². The molecule has 0 radical (unpaired) electrons. The molecular weight excluding hydrogens is 298 g/mol. The van der Waals surface area contributed by atoms with Crippen LogP contribution in [0.25, 0.3) is 11.1 Å². The van der Waals surface area contributed by atoms with Crippen molar-refractivity contribution >= 4 is 5.91 Å². The van der Waals surface area contributed by atoms with Crippen LogP contribution >= 0.6 is 0 Å². The first-order valence-corrected chi connectivity index (χ1v) is 8.83. The van der Waals surface area contributed by atoms with E-state index in [9.17, 15) is 9.90 Å². The largest absolute Gasteiger partial charge is 0.389 e. The van der Waals surface area contributed by atoms with Crippen LogP contribution < -0.4 is 0 Å². The van der Waals surface area contributed by atoms with E-state index in [1.807, 2.05) is 53.4 Å². The van der Waals surface area contributed by atoms with Gasteiger partial charge in [0.05, 0.1) is 6.10 Å². The smallest absolute Gasteiger partial charge is 0.253 e. The van der Waals surface area contributed by atoms with Crippen LogP contribution in [0.15, 0.2) is 48.5 Å². The van der Waals surface area contributed by atoms with Crippen molar-refractivity contribution in [3.05, 3.63) is 59.7 Å². The minimum absolute atomic E-state index is 0.140. The second-order valence-electron chi connectivity index (χ2n) is 6.59. The van der Waals surface area contributed by atoms with Gasteiger partial charge in [0.2, 0.25) is 0 Å². The summed E-state index contributed by atoms with van der Waals surface area (Å²) in [7, 11) is 0. The predicted molar refractivity (Wildman–Crippen MR) is 96.9 cm³/mol. The summed E-state index contributed by atoms with van der Waals surface area (Å²) in [6, 6.07) is 15.7. The lowest BCUT2D eigenvalue weighted by Gasteiger charge is -2.20. The lowest BCUT2D eigenvalue weighted by Crippen LogP contribution is -2.31. The molecule has 1 fully saturated rings. The Labute approximate surface area is 143 Å². The summed E-state index contributed by atoms with van der Waals surface area (Å²) in [5.41, 5.74) is 3.77. The lowest BCUT2D eigenvalue weighted by molar-refractivity contribution is 0.0761. The third-order valence-corrected chi connectivity index (χ3v) is 4.73. The number of amides is 1. The number of nitrogens with zero attached hydrogens (tertiary/aromatic N) is 1. The van der Waals surface area contributed by atoms with Crippen LogP contribution in [-0.4, -0.2) is 29.0 Å². The zero-order valence-corrected chi connectivity index (χ0v) is 14.2. The van der Waals surface area contributed by atoms with Crippen LogP contribution in [0.1, 0.15) is 54.6 Å². The number of hydrogen-bond donors (Lipinski definition) is 1. The van der Waals surface area contributed by atoms with Crippen LogP contribution in [0.5, 0.6) is 0 Å². The quantitative estimate of drug-likeness (QED) is 0.908. The maximum absolute atomic E-state index is 12.6. The number of likely N-dealkylation sites (tertiary alicyclic amines) is 1. The third-order valence-electron chi connectivity index (χ3n) is 4.73. The average molecular weight is 323 g/mol. The molecule has 0 saturated carbocycles.